The molecule has 0 aromatic heterocycles. The van der Waals surface area contributed by atoms with Crippen LogP contribution in [0.25, 0.3) is 0 Å². The van der Waals surface area contributed by atoms with Crippen LogP contribution in [0.4, 0.5) is 0 Å². The molecule has 0 aromatic carbocycles. The van der Waals surface area contributed by atoms with Crippen LogP contribution in [0.3, 0.4) is 0 Å². The molecule has 0 bridgehead atoms. The van der Waals surface area contributed by atoms with E-state index in [1.807, 2.05) is 13.1 Å². The Labute approximate surface area is 67.6 Å². The van der Waals surface area contributed by atoms with Crippen LogP contribution in [0.1, 0.15) is 0 Å². The van der Waals surface area contributed by atoms with E-state index < -0.39 is 0 Å². The van der Waals surface area contributed by atoms with E-state index in [1.165, 1.54) is 6.08 Å². The lowest BCUT2D eigenvalue weighted by atomic mass is 10.4. The van der Waals surface area contributed by atoms with E-state index >= 15 is 0 Å². The average Bonchev–Trinajstić information content (AvgIpc) is 2.01. The summed E-state index contributed by atoms with van der Waals surface area (Å²) in [6.45, 7) is 2.41. The number of rotatable bonds is 6. The highest BCUT2D eigenvalue weighted by Gasteiger charge is 1.92. The zero-order valence-corrected chi connectivity index (χ0v) is 7.12. The Morgan fingerprint density at radius 2 is 2.27 bits per heavy atom. The van der Waals surface area contributed by atoms with Gasteiger partial charge in [-0.25, -0.2) is 0 Å². The first-order valence-electron chi connectivity index (χ1n) is 3.59. The Kier molecular flexibility index (Phi) is 6.98. The minimum Gasteiger partial charge on any atom is -0.383 e. The van der Waals surface area contributed by atoms with Crippen molar-refractivity contribution in [2.45, 2.75) is 0 Å². The van der Waals surface area contributed by atoms with Gasteiger partial charge in [0.25, 0.3) is 0 Å². The molecule has 0 aromatic rings. The van der Waals surface area contributed by atoms with Crippen molar-refractivity contribution in [2.75, 3.05) is 33.9 Å². The molecule has 0 aliphatic carbocycles. The largest absolute Gasteiger partial charge is 0.383 e. The van der Waals surface area contributed by atoms with Gasteiger partial charge >= 0.3 is 0 Å². The van der Waals surface area contributed by atoms with Gasteiger partial charge in [-0.1, -0.05) is 6.08 Å². The molecule has 0 spiro atoms. The normalized spacial score (nSPS) is 11.2. The van der Waals surface area contributed by atoms with Gasteiger partial charge in [-0.15, -0.1) is 0 Å². The van der Waals surface area contributed by atoms with Gasteiger partial charge in [-0.05, 0) is 13.1 Å². The minimum atomic E-state index is 0.728. The van der Waals surface area contributed by atoms with Crippen LogP contribution in [-0.2, 0) is 9.53 Å². The first-order chi connectivity index (χ1) is 5.31. The van der Waals surface area contributed by atoms with E-state index in [-0.39, 0.29) is 0 Å². The molecule has 0 aliphatic heterocycles. The number of allylic oxidation sites excluding steroid dienone is 1. The lowest BCUT2D eigenvalue weighted by Gasteiger charge is -2.12. The summed E-state index contributed by atoms with van der Waals surface area (Å²) in [5.41, 5.74) is 0. The molecule has 0 aliphatic rings. The van der Waals surface area contributed by atoms with Crippen molar-refractivity contribution in [1.29, 1.82) is 0 Å². The van der Waals surface area contributed by atoms with Gasteiger partial charge in [0.2, 0.25) is 0 Å². The monoisotopic (exact) mass is 157 g/mol. The summed E-state index contributed by atoms with van der Waals surface area (Å²) in [5.74, 6) is 0. The predicted octanol–water partition coefficient (Wildman–Crippen LogP) is 0.320. The maximum Gasteiger partial charge on any atom is 0.142 e. The smallest absolute Gasteiger partial charge is 0.142 e. The Hall–Kier alpha value is -0.670. The van der Waals surface area contributed by atoms with E-state index in [0.717, 1.165) is 26.0 Å². The number of methoxy groups -OCH3 is 1. The second-order valence-electron chi connectivity index (χ2n) is 2.32. The van der Waals surface area contributed by atoms with Crippen LogP contribution in [0.5, 0.6) is 0 Å². The van der Waals surface area contributed by atoms with E-state index in [9.17, 15) is 4.79 Å². The highest BCUT2D eigenvalue weighted by molar-refractivity contribution is 5.64. The van der Waals surface area contributed by atoms with Crippen molar-refractivity contribution in [3.8, 4) is 0 Å². The molecule has 11 heavy (non-hydrogen) atoms. The van der Waals surface area contributed by atoms with Crippen molar-refractivity contribution in [3.63, 3.8) is 0 Å². The molecule has 0 rings (SSSR count). The molecular weight excluding hydrogens is 142 g/mol. The van der Waals surface area contributed by atoms with Crippen LogP contribution in [0, 0.1) is 0 Å². The van der Waals surface area contributed by atoms with Crippen molar-refractivity contribution in [1.82, 2.24) is 4.90 Å². The van der Waals surface area contributed by atoms with Crippen LogP contribution < -0.4 is 0 Å². The highest BCUT2D eigenvalue weighted by atomic mass is 16.5. The molecule has 3 nitrogen and oxygen atoms in total. The fraction of sp³-hybridized carbons (Fsp3) is 0.625. The number of nitrogens with zero attached hydrogens (tertiary/aromatic N) is 1. The van der Waals surface area contributed by atoms with Crippen LogP contribution in [0.15, 0.2) is 12.2 Å². The highest BCUT2D eigenvalue weighted by Crippen LogP contribution is 1.82. The molecule has 0 radical (unpaired) electrons. The van der Waals surface area contributed by atoms with Gasteiger partial charge < -0.3 is 9.64 Å². The number of aldehydes is 1. The van der Waals surface area contributed by atoms with Crippen LogP contribution >= 0.6 is 0 Å². The van der Waals surface area contributed by atoms with Crippen molar-refractivity contribution >= 4 is 6.29 Å². The average molecular weight is 157 g/mol. The van der Waals surface area contributed by atoms with Crippen molar-refractivity contribution in [3.05, 3.63) is 12.2 Å². The number of hydrogen-bond acceptors (Lipinski definition) is 3. The number of hydrogen-bond donors (Lipinski definition) is 0. The van der Waals surface area contributed by atoms with Gasteiger partial charge in [0.1, 0.15) is 6.29 Å². The Balaban J connectivity index is 3.28. The van der Waals surface area contributed by atoms with Gasteiger partial charge in [0.05, 0.1) is 6.61 Å². The maximum absolute atomic E-state index is 9.87. The van der Waals surface area contributed by atoms with Crippen molar-refractivity contribution in [2.24, 2.45) is 0 Å². The number of carbonyl (C=O) groups is 1. The van der Waals surface area contributed by atoms with E-state index in [2.05, 4.69) is 4.90 Å². The summed E-state index contributed by atoms with van der Waals surface area (Å²) in [5, 5.41) is 0. The van der Waals surface area contributed by atoms with Gasteiger partial charge in [-0.3, -0.25) is 4.79 Å². The second-order valence-corrected chi connectivity index (χ2v) is 2.32. The first-order valence-corrected chi connectivity index (χ1v) is 3.59. The molecule has 0 heterocycles. The SMILES string of the molecule is COCCN(C)CC=CC=O. The summed E-state index contributed by atoms with van der Waals surface area (Å²) in [7, 11) is 3.66. The molecule has 0 saturated carbocycles. The second kappa shape index (κ2) is 7.44. The third-order valence-electron chi connectivity index (χ3n) is 1.31. The fourth-order valence-electron chi connectivity index (χ4n) is 0.635. The zero-order chi connectivity index (χ0) is 8.53. The Bertz CT molecular complexity index is 123. The van der Waals surface area contributed by atoms with Crippen LogP contribution in [0.2, 0.25) is 0 Å². The molecule has 0 amide bonds. The van der Waals surface area contributed by atoms with E-state index in [0.29, 0.717) is 0 Å². The van der Waals surface area contributed by atoms with Gasteiger partial charge in [0.15, 0.2) is 0 Å². The molecule has 0 unspecified atom stereocenters. The lowest BCUT2D eigenvalue weighted by molar-refractivity contribution is -0.104. The molecule has 3 heteroatoms. The summed E-state index contributed by atoms with van der Waals surface area (Å²) in [6, 6.07) is 0. The van der Waals surface area contributed by atoms with Gasteiger partial charge in [-0.2, -0.15) is 0 Å². The number of carbonyl (C=O) groups excluding carboxylic acids is 1. The number of likely N-dealkylation sites (N-methyl/N-ethyl adjacent to an activating group) is 1. The summed E-state index contributed by atoms with van der Waals surface area (Å²) < 4.78 is 4.88. The standard InChI is InChI=1S/C8H15NO2/c1-9(6-8-11-2)5-3-4-7-10/h3-4,7H,5-6,8H2,1-2H3. The minimum absolute atomic E-state index is 0.728. The molecule has 0 N–H and O–H groups in total. The zero-order valence-electron chi connectivity index (χ0n) is 7.12. The topological polar surface area (TPSA) is 29.5 Å². The lowest BCUT2D eigenvalue weighted by Crippen LogP contribution is -2.22. The van der Waals surface area contributed by atoms with Gasteiger partial charge in [0, 0.05) is 20.2 Å². The predicted molar refractivity (Wildman–Crippen MR) is 44.6 cm³/mol. The molecular formula is C8H15NO2. The fourth-order valence-corrected chi connectivity index (χ4v) is 0.635. The molecule has 64 valence electrons. The summed E-state index contributed by atoms with van der Waals surface area (Å²) >= 11 is 0. The van der Waals surface area contributed by atoms with E-state index in [1.54, 1.807) is 7.11 Å². The molecule has 0 saturated heterocycles. The third kappa shape index (κ3) is 7.22. The quantitative estimate of drug-likeness (QED) is 0.411. The van der Waals surface area contributed by atoms with Crippen molar-refractivity contribution < 1.29 is 9.53 Å². The molecule has 0 fully saturated rings. The number of ether oxygens (including phenoxy) is 1. The maximum atomic E-state index is 9.87. The molecule has 0 atom stereocenters. The Morgan fingerprint density at radius 1 is 1.55 bits per heavy atom. The summed E-state index contributed by atoms with van der Waals surface area (Å²) in [4.78, 5) is 11.9. The Morgan fingerprint density at radius 3 is 2.82 bits per heavy atom. The first kappa shape index (κ1) is 10.3. The van der Waals surface area contributed by atoms with Crippen LogP contribution in [-0.4, -0.2) is 45.0 Å². The third-order valence-corrected chi connectivity index (χ3v) is 1.31. The van der Waals surface area contributed by atoms with E-state index in [4.69, 9.17) is 4.74 Å². The summed E-state index contributed by atoms with van der Waals surface area (Å²) in [6.07, 6.45) is 4.11.